The summed E-state index contributed by atoms with van der Waals surface area (Å²) in [4.78, 5) is 0. The summed E-state index contributed by atoms with van der Waals surface area (Å²) < 4.78 is 0. The Hall–Kier alpha value is -2.91. The van der Waals surface area contributed by atoms with E-state index in [1.165, 1.54) is 5.57 Å². The van der Waals surface area contributed by atoms with Gasteiger partial charge in [0, 0.05) is 35.1 Å². The fraction of sp³-hybridized carbons (Fsp3) is 0.500. The predicted molar refractivity (Wildman–Crippen MR) is 133 cm³/mol. The number of nitrogens with one attached hydrogen (secondary N) is 2. The molecule has 32 heavy (non-hydrogen) atoms. The van der Waals surface area contributed by atoms with Crippen molar-refractivity contribution < 1.29 is 5.11 Å². The van der Waals surface area contributed by atoms with Crippen molar-refractivity contribution in [1.29, 1.82) is 0 Å². The Kier molecular flexibility index (Phi) is 8.03. The predicted octanol–water partition coefficient (Wildman–Crippen LogP) is 6.22. The van der Waals surface area contributed by atoms with Gasteiger partial charge in [-0.2, -0.15) is 15.3 Å². The van der Waals surface area contributed by atoms with Crippen LogP contribution in [-0.4, -0.2) is 33.4 Å². The minimum atomic E-state index is 0.122. The number of phenolic OH excluding ortho intramolecular Hbond substituents is 1. The number of allylic oxidation sites excluding steroid dienone is 3. The molecular formula is C26H37N5O. The van der Waals surface area contributed by atoms with E-state index in [1.807, 2.05) is 19.1 Å². The van der Waals surface area contributed by atoms with Crippen LogP contribution in [0.25, 0.3) is 16.5 Å². The molecule has 0 atom stereocenters. The number of aromatic hydroxyl groups is 1. The molecule has 0 amide bonds. The highest BCUT2D eigenvalue weighted by Crippen LogP contribution is 2.37. The maximum absolute atomic E-state index is 10.5. The molecule has 1 saturated heterocycles. The van der Waals surface area contributed by atoms with Crippen LogP contribution >= 0.6 is 0 Å². The molecule has 2 aromatic rings. The zero-order chi connectivity index (χ0) is 24.1. The molecule has 0 bridgehead atoms. The Morgan fingerprint density at radius 1 is 1.19 bits per heavy atom. The fourth-order valence-electron chi connectivity index (χ4n) is 5.14. The van der Waals surface area contributed by atoms with Crippen molar-refractivity contribution in [1.82, 2.24) is 15.5 Å². The van der Waals surface area contributed by atoms with Crippen molar-refractivity contribution in [3.05, 3.63) is 41.2 Å². The maximum Gasteiger partial charge on any atom is 0.125 e. The van der Waals surface area contributed by atoms with Gasteiger partial charge in [0.05, 0.1) is 17.4 Å². The number of piperidine rings is 1. The number of terminal acetylenes is 1. The highest BCUT2D eigenvalue weighted by molar-refractivity contribution is 5.86. The van der Waals surface area contributed by atoms with Gasteiger partial charge in [0.15, 0.2) is 0 Å². The van der Waals surface area contributed by atoms with Crippen LogP contribution in [0, 0.1) is 18.8 Å². The number of azo groups is 1. The van der Waals surface area contributed by atoms with Crippen LogP contribution in [-0.2, 0) is 0 Å². The molecule has 0 aliphatic carbocycles. The van der Waals surface area contributed by atoms with E-state index in [4.69, 9.17) is 0 Å². The van der Waals surface area contributed by atoms with Gasteiger partial charge in [-0.3, -0.25) is 5.10 Å². The Balaban J connectivity index is 0.00000176. The Morgan fingerprint density at radius 2 is 1.81 bits per heavy atom. The standard InChI is InChI=1S/C24H35N5O.C2H2/c1-15(19-10-18-14-26-28-21(18)11-22(19)30)9-20(27-25-7)16(2)8-17-12-23(3,4)29-24(5,6)13-17;1-2/h9-11,14,17,29-30H,8,12-13H2,1-7H3,(H,26,28);1-2H/b15-9+,20-16-,27-25?;. The number of H-pyrrole nitrogens is 1. The summed E-state index contributed by atoms with van der Waals surface area (Å²) in [6.45, 7) is 13.3. The van der Waals surface area contributed by atoms with E-state index in [9.17, 15) is 5.11 Å². The van der Waals surface area contributed by atoms with E-state index in [2.05, 4.69) is 73.2 Å². The summed E-state index contributed by atoms with van der Waals surface area (Å²) >= 11 is 0. The first-order chi connectivity index (χ1) is 15.0. The third kappa shape index (κ3) is 6.30. The molecule has 172 valence electrons. The molecule has 0 spiro atoms. The number of phenols is 1. The highest BCUT2D eigenvalue weighted by Gasteiger charge is 2.37. The van der Waals surface area contributed by atoms with Crippen LogP contribution in [0.2, 0.25) is 0 Å². The van der Waals surface area contributed by atoms with E-state index < -0.39 is 0 Å². The average molecular weight is 436 g/mol. The topological polar surface area (TPSA) is 85.7 Å². The fourth-order valence-corrected chi connectivity index (χ4v) is 5.14. The molecule has 6 nitrogen and oxygen atoms in total. The summed E-state index contributed by atoms with van der Waals surface area (Å²) in [7, 11) is 1.70. The molecule has 1 aliphatic heterocycles. The van der Waals surface area contributed by atoms with E-state index >= 15 is 0 Å². The van der Waals surface area contributed by atoms with Crippen LogP contribution in [0.15, 0.2) is 45.9 Å². The van der Waals surface area contributed by atoms with Gasteiger partial charge < -0.3 is 10.4 Å². The smallest absolute Gasteiger partial charge is 0.125 e. The molecule has 1 aliphatic rings. The van der Waals surface area contributed by atoms with E-state index in [-0.39, 0.29) is 16.8 Å². The molecule has 0 unspecified atom stereocenters. The number of benzene rings is 1. The molecule has 1 fully saturated rings. The Labute approximate surface area is 192 Å². The molecule has 6 heteroatoms. The second-order valence-electron chi connectivity index (χ2n) is 9.99. The SMILES string of the molecule is C#C.CN=NC(/C=C(\C)c1cc2cn[nH]c2cc1O)=C(/C)CC1CC(C)(C)NC(C)(C)C1. The number of nitrogens with zero attached hydrogens (tertiary/aromatic N) is 3. The number of hydrogen-bond donors (Lipinski definition) is 3. The first-order valence-corrected chi connectivity index (χ1v) is 11.0. The number of aromatic amines is 1. The molecule has 0 saturated carbocycles. The third-order valence-electron chi connectivity index (χ3n) is 5.85. The minimum absolute atomic E-state index is 0.122. The highest BCUT2D eigenvalue weighted by atomic mass is 16.3. The van der Waals surface area contributed by atoms with Gasteiger partial charge in [-0.25, -0.2) is 0 Å². The van der Waals surface area contributed by atoms with E-state index in [0.717, 1.165) is 47.0 Å². The minimum Gasteiger partial charge on any atom is -0.507 e. The zero-order valence-corrected chi connectivity index (χ0v) is 20.5. The summed E-state index contributed by atoms with van der Waals surface area (Å²) in [5.41, 5.74) is 4.89. The zero-order valence-electron chi connectivity index (χ0n) is 20.5. The second-order valence-corrected chi connectivity index (χ2v) is 9.99. The first kappa shape index (κ1) is 25.4. The van der Waals surface area contributed by atoms with Crippen LogP contribution in [0.3, 0.4) is 0 Å². The summed E-state index contributed by atoms with van der Waals surface area (Å²) in [6, 6.07) is 3.67. The van der Waals surface area contributed by atoms with Crippen LogP contribution < -0.4 is 5.32 Å². The van der Waals surface area contributed by atoms with Crippen LogP contribution in [0.5, 0.6) is 5.75 Å². The van der Waals surface area contributed by atoms with E-state index in [1.54, 1.807) is 19.3 Å². The summed E-state index contributed by atoms with van der Waals surface area (Å²) in [6.07, 6.45) is 15.0. The first-order valence-electron chi connectivity index (χ1n) is 11.0. The summed E-state index contributed by atoms with van der Waals surface area (Å²) in [5, 5.41) is 30.6. The van der Waals surface area contributed by atoms with Crippen LogP contribution in [0.4, 0.5) is 0 Å². The van der Waals surface area contributed by atoms with Crippen molar-refractivity contribution in [2.75, 3.05) is 7.05 Å². The largest absolute Gasteiger partial charge is 0.507 e. The maximum atomic E-state index is 10.5. The normalized spacial score (nSPS) is 19.5. The Morgan fingerprint density at radius 3 is 2.41 bits per heavy atom. The lowest BCUT2D eigenvalue weighted by molar-refractivity contribution is 0.128. The molecule has 3 rings (SSSR count). The second kappa shape index (κ2) is 10.1. The van der Waals surface area contributed by atoms with Crippen molar-refractivity contribution in [2.24, 2.45) is 16.1 Å². The number of fused-ring (bicyclic) bond motifs is 1. The lowest BCUT2D eigenvalue weighted by Crippen LogP contribution is -2.57. The lowest BCUT2D eigenvalue weighted by Gasteiger charge is -2.46. The van der Waals surface area contributed by atoms with Gasteiger partial charge >= 0.3 is 0 Å². The van der Waals surface area contributed by atoms with Gasteiger partial charge in [-0.05, 0) is 90.0 Å². The van der Waals surface area contributed by atoms with Crippen LogP contribution in [0.1, 0.15) is 66.4 Å². The number of aromatic nitrogens is 2. The molecule has 2 heterocycles. The van der Waals surface area contributed by atoms with Crippen molar-refractivity contribution in [3.8, 4) is 18.6 Å². The quantitative estimate of drug-likeness (QED) is 0.296. The van der Waals surface area contributed by atoms with Gasteiger partial charge in [-0.1, -0.05) is 0 Å². The van der Waals surface area contributed by atoms with Crippen molar-refractivity contribution >= 4 is 16.5 Å². The van der Waals surface area contributed by atoms with Gasteiger partial charge in [0.25, 0.3) is 0 Å². The molecule has 0 radical (unpaired) electrons. The third-order valence-corrected chi connectivity index (χ3v) is 5.85. The monoisotopic (exact) mass is 435 g/mol. The molecule has 1 aromatic heterocycles. The molecular weight excluding hydrogens is 398 g/mol. The van der Waals surface area contributed by atoms with Gasteiger partial charge in [0.2, 0.25) is 0 Å². The van der Waals surface area contributed by atoms with E-state index in [0.29, 0.717) is 5.92 Å². The van der Waals surface area contributed by atoms with Crippen molar-refractivity contribution in [3.63, 3.8) is 0 Å². The number of hydrogen-bond acceptors (Lipinski definition) is 5. The average Bonchev–Trinajstić information content (AvgIpc) is 3.13. The number of rotatable bonds is 5. The molecule has 3 N–H and O–H groups in total. The van der Waals surface area contributed by atoms with Crippen molar-refractivity contribution in [2.45, 2.75) is 71.9 Å². The summed E-state index contributed by atoms with van der Waals surface area (Å²) in [5.74, 6) is 0.815. The van der Waals surface area contributed by atoms with Gasteiger partial charge in [-0.15, -0.1) is 12.8 Å². The Bertz CT molecular complexity index is 1040. The molecule has 1 aromatic carbocycles. The van der Waals surface area contributed by atoms with Gasteiger partial charge in [0.1, 0.15) is 5.75 Å². The lowest BCUT2D eigenvalue weighted by atomic mass is 9.73.